The van der Waals surface area contributed by atoms with Crippen LogP contribution < -0.4 is 10.5 Å². The maximum atomic E-state index is 12.0. The number of rotatable bonds is 7. The minimum atomic E-state index is -3.71. The third kappa shape index (κ3) is 6.08. The molecule has 0 aromatic heterocycles. The van der Waals surface area contributed by atoms with E-state index in [-0.39, 0.29) is 22.7 Å². The number of sulfonamides is 1. The molecule has 0 aliphatic carbocycles. The zero-order valence-electron chi connectivity index (χ0n) is 14.6. The van der Waals surface area contributed by atoms with Crippen molar-refractivity contribution in [1.82, 2.24) is 5.32 Å². The number of carbonyl (C=O) groups is 2. The quantitative estimate of drug-likeness (QED) is 0.654. The van der Waals surface area contributed by atoms with Crippen LogP contribution in [0.5, 0.6) is 0 Å². The number of ether oxygens (including phenoxy) is 2. The highest BCUT2D eigenvalue weighted by atomic mass is 32.2. The molecule has 0 spiro atoms. The standard InChI is InChI=1S/C17H24N2O6S/c1-12(25-17(21)14-7-10-24-11-8-14)16(20)19-9-6-13-2-4-15(5-3-13)26(18,22)23/h2-5,12,14H,6-11H2,1H3,(H,19,20)(H2,18,22,23). The van der Waals surface area contributed by atoms with Gasteiger partial charge in [-0.25, -0.2) is 13.6 Å². The Hall–Kier alpha value is -1.97. The zero-order valence-corrected chi connectivity index (χ0v) is 15.5. The van der Waals surface area contributed by atoms with Crippen LogP contribution in [0.25, 0.3) is 0 Å². The predicted molar refractivity (Wildman–Crippen MR) is 93.6 cm³/mol. The first-order valence-corrected chi connectivity index (χ1v) is 9.99. The molecular formula is C17H24N2O6S. The van der Waals surface area contributed by atoms with Crippen molar-refractivity contribution in [3.8, 4) is 0 Å². The third-order valence-electron chi connectivity index (χ3n) is 4.18. The molecule has 144 valence electrons. The molecule has 0 radical (unpaired) electrons. The molecule has 26 heavy (non-hydrogen) atoms. The summed E-state index contributed by atoms with van der Waals surface area (Å²) in [6, 6.07) is 6.12. The van der Waals surface area contributed by atoms with E-state index in [0.717, 1.165) is 5.56 Å². The van der Waals surface area contributed by atoms with E-state index in [4.69, 9.17) is 14.6 Å². The van der Waals surface area contributed by atoms with Gasteiger partial charge in [-0.15, -0.1) is 0 Å². The van der Waals surface area contributed by atoms with Crippen LogP contribution in [0.3, 0.4) is 0 Å². The van der Waals surface area contributed by atoms with Crippen LogP contribution >= 0.6 is 0 Å². The Labute approximate surface area is 153 Å². The van der Waals surface area contributed by atoms with Gasteiger partial charge in [-0.2, -0.15) is 0 Å². The summed E-state index contributed by atoms with van der Waals surface area (Å²) in [5.41, 5.74) is 0.851. The van der Waals surface area contributed by atoms with Gasteiger partial charge in [-0.05, 0) is 43.9 Å². The van der Waals surface area contributed by atoms with Gasteiger partial charge in [0.15, 0.2) is 6.10 Å². The highest BCUT2D eigenvalue weighted by Crippen LogP contribution is 2.17. The molecule has 1 aromatic rings. The maximum Gasteiger partial charge on any atom is 0.309 e. The molecule has 2 rings (SSSR count). The SMILES string of the molecule is CC(OC(=O)C1CCOCC1)C(=O)NCCc1ccc(S(N)(=O)=O)cc1. The van der Waals surface area contributed by atoms with E-state index in [0.29, 0.717) is 39.0 Å². The van der Waals surface area contributed by atoms with Gasteiger partial charge in [-0.3, -0.25) is 9.59 Å². The van der Waals surface area contributed by atoms with Gasteiger partial charge >= 0.3 is 5.97 Å². The van der Waals surface area contributed by atoms with Crippen molar-refractivity contribution in [1.29, 1.82) is 0 Å². The van der Waals surface area contributed by atoms with Crippen LogP contribution in [0, 0.1) is 5.92 Å². The van der Waals surface area contributed by atoms with E-state index in [1.807, 2.05) is 0 Å². The van der Waals surface area contributed by atoms with Gasteiger partial charge in [0.05, 0.1) is 10.8 Å². The first-order valence-electron chi connectivity index (χ1n) is 8.45. The second-order valence-corrected chi connectivity index (χ2v) is 7.76. The van der Waals surface area contributed by atoms with Gasteiger partial charge in [-0.1, -0.05) is 12.1 Å². The lowest BCUT2D eigenvalue weighted by Gasteiger charge is -2.22. The topological polar surface area (TPSA) is 125 Å². The average molecular weight is 384 g/mol. The Bertz CT molecular complexity index is 726. The number of nitrogens with two attached hydrogens (primary N) is 1. The highest BCUT2D eigenvalue weighted by Gasteiger charge is 2.26. The van der Waals surface area contributed by atoms with Crippen LogP contribution in [0.4, 0.5) is 0 Å². The molecule has 1 aliphatic heterocycles. The first-order chi connectivity index (χ1) is 12.3. The Morgan fingerprint density at radius 2 is 1.88 bits per heavy atom. The van der Waals surface area contributed by atoms with Crippen LogP contribution in [-0.4, -0.2) is 46.2 Å². The fraction of sp³-hybridized carbons (Fsp3) is 0.529. The molecule has 1 fully saturated rings. The van der Waals surface area contributed by atoms with Crippen molar-refractivity contribution in [2.24, 2.45) is 11.1 Å². The third-order valence-corrected chi connectivity index (χ3v) is 5.11. The van der Waals surface area contributed by atoms with Crippen LogP contribution in [0.1, 0.15) is 25.3 Å². The lowest BCUT2D eigenvalue weighted by atomic mass is 10.0. The summed E-state index contributed by atoms with van der Waals surface area (Å²) in [5, 5.41) is 7.74. The molecule has 1 aromatic carbocycles. The lowest BCUT2D eigenvalue weighted by molar-refractivity contribution is -0.161. The molecule has 1 amide bonds. The molecular weight excluding hydrogens is 360 g/mol. The largest absolute Gasteiger partial charge is 0.452 e. The highest BCUT2D eigenvalue weighted by molar-refractivity contribution is 7.89. The van der Waals surface area contributed by atoms with Crippen LogP contribution in [-0.2, 0) is 35.5 Å². The number of esters is 1. The summed E-state index contributed by atoms with van der Waals surface area (Å²) in [7, 11) is -3.71. The fourth-order valence-corrected chi connectivity index (χ4v) is 3.09. The summed E-state index contributed by atoms with van der Waals surface area (Å²) in [5.74, 6) is -0.947. The molecule has 9 heteroatoms. The van der Waals surface area contributed by atoms with Gasteiger partial charge in [0.2, 0.25) is 10.0 Å². The minimum Gasteiger partial charge on any atom is -0.452 e. The van der Waals surface area contributed by atoms with E-state index in [9.17, 15) is 18.0 Å². The average Bonchev–Trinajstić information content (AvgIpc) is 2.62. The molecule has 1 aliphatic rings. The second kappa shape index (κ2) is 9.11. The van der Waals surface area contributed by atoms with Crippen molar-refractivity contribution < 1.29 is 27.5 Å². The number of carbonyl (C=O) groups excluding carboxylic acids is 2. The molecule has 1 heterocycles. The van der Waals surface area contributed by atoms with Gasteiger partial charge in [0.1, 0.15) is 0 Å². The molecule has 8 nitrogen and oxygen atoms in total. The van der Waals surface area contributed by atoms with Crippen LogP contribution in [0.2, 0.25) is 0 Å². The Balaban J connectivity index is 1.74. The van der Waals surface area contributed by atoms with E-state index < -0.39 is 16.1 Å². The van der Waals surface area contributed by atoms with E-state index in [2.05, 4.69) is 5.32 Å². The van der Waals surface area contributed by atoms with Crippen molar-refractivity contribution in [3.63, 3.8) is 0 Å². The lowest BCUT2D eigenvalue weighted by Crippen LogP contribution is -2.38. The first kappa shape index (κ1) is 20.3. The summed E-state index contributed by atoms with van der Waals surface area (Å²) >= 11 is 0. The second-order valence-electron chi connectivity index (χ2n) is 6.20. The van der Waals surface area contributed by atoms with Crippen molar-refractivity contribution >= 4 is 21.9 Å². The molecule has 1 unspecified atom stereocenters. The molecule has 3 N–H and O–H groups in total. The van der Waals surface area contributed by atoms with E-state index in [1.165, 1.54) is 19.1 Å². The van der Waals surface area contributed by atoms with Crippen molar-refractivity contribution in [3.05, 3.63) is 29.8 Å². The normalized spacial score (nSPS) is 16.7. The Morgan fingerprint density at radius 1 is 1.27 bits per heavy atom. The number of amides is 1. The van der Waals surface area contributed by atoms with Crippen molar-refractivity contribution in [2.45, 2.75) is 37.2 Å². The number of benzene rings is 1. The summed E-state index contributed by atoms with van der Waals surface area (Å²) in [4.78, 5) is 24.1. The molecule has 1 atom stereocenters. The Kier molecular flexibility index (Phi) is 7.13. The molecule has 1 saturated heterocycles. The fourth-order valence-electron chi connectivity index (χ4n) is 2.58. The molecule has 0 bridgehead atoms. The summed E-state index contributed by atoms with van der Waals surface area (Å²) < 4.78 is 32.8. The summed E-state index contributed by atoms with van der Waals surface area (Å²) in [6.07, 6.45) is 0.871. The number of nitrogens with one attached hydrogen (secondary N) is 1. The molecule has 0 saturated carbocycles. The van der Waals surface area contributed by atoms with Gasteiger partial charge < -0.3 is 14.8 Å². The minimum absolute atomic E-state index is 0.0407. The monoisotopic (exact) mass is 384 g/mol. The van der Waals surface area contributed by atoms with E-state index >= 15 is 0 Å². The predicted octanol–water partition coefficient (Wildman–Crippen LogP) is 0.351. The van der Waals surface area contributed by atoms with Gasteiger partial charge in [0.25, 0.3) is 5.91 Å². The van der Waals surface area contributed by atoms with Crippen molar-refractivity contribution in [2.75, 3.05) is 19.8 Å². The Morgan fingerprint density at radius 3 is 2.46 bits per heavy atom. The number of hydrogen-bond acceptors (Lipinski definition) is 6. The zero-order chi connectivity index (χ0) is 19.2. The van der Waals surface area contributed by atoms with E-state index in [1.54, 1.807) is 12.1 Å². The number of hydrogen-bond donors (Lipinski definition) is 2. The van der Waals surface area contributed by atoms with Crippen LogP contribution in [0.15, 0.2) is 29.2 Å². The smallest absolute Gasteiger partial charge is 0.309 e. The maximum absolute atomic E-state index is 12.0. The number of primary sulfonamides is 1. The summed E-state index contributed by atoms with van der Waals surface area (Å²) in [6.45, 7) is 2.94. The van der Waals surface area contributed by atoms with Gasteiger partial charge in [0, 0.05) is 19.8 Å².